The number of nitrogens with one attached hydrogen (secondary N) is 1. The molecule has 1 aliphatic rings. The van der Waals surface area contributed by atoms with Crippen LogP contribution in [0.3, 0.4) is 0 Å². The van der Waals surface area contributed by atoms with Gasteiger partial charge in [0.25, 0.3) is 0 Å². The van der Waals surface area contributed by atoms with Gasteiger partial charge in [-0.25, -0.2) is 9.97 Å². The Morgan fingerprint density at radius 2 is 2.43 bits per heavy atom. The maximum atomic E-state index is 5.63. The smallest absolute Gasteiger partial charge is 0.222 e. The number of nitrogens with zero attached hydrogens (tertiary/aromatic N) is 2. The molecule has 0 bridgehead atoms. The van der Waals surface area contributed by atoms with Crippen molar-refractivity contribution in [2.45, 2.75) is 31.7 Å². The number of hydrogen-bond acceptors (Lipinski definition) is 4. The number of hydrogen-bond donors (Lipinski definition) is 2. The first-order valence-electron chi connectivity index (χ1n) is 5.08. The molecule has 1 unspecified atom stereocenters. The first kappa shape index (κ1) is 9.40. The lowest BCUT2D eigenvalue weighted by molar-refractivity contribution is 0.771. The van der Waals surface area contributed by atoms with E-state index in [1.807, 2.05) is 19.2 Å². The third-order valence-corrected chi connectivity index (χ3v) is 2.25. The van der Waals surface area contributed by atoms with E-state index in [0.29, 0.717) is 18.4 Å². The van der Waals surface area contributed by atoms with Crippen molar-refractivity contribution >= 4 is 5.95 Å². The number of rotatable bonds is 4. The molecule has 76 valence electrons. The molecule has 14 heavy (non-hydrogen) atoms. The number of anilines is 1. The zero-order valence-electron chi connectivity index (χ0n) is 8.40. The second-order valence-electron chi connectivity index (χ2n) is 3.94. The SMILES string of the molecule is CC(N)CNc1nccc(C2CC2)n1. The van der Waals surface area contributed by atoms with Gasteiger partial charge in [-0.05, 0) is 25.8 Å². The van der Waals surface area contributed by atoms with E-state index < -0.39 is 0 Å². The van der Waals surface area contributed by atoms with Crippen molar-refractivity contribution in [2.75, 3.05) is 11.9 Å². The Hall–Kier alpha value is -1.16. The van der Waals surface area contributed by atoms with Gasteiger partial charge >= 0.3 is 0 Å². The topological polar surface area (TPSA) is 63.8 Å². The van der Waals surface area contributed by atoms with Crippen LogP contribution < -0.4 is 11.1 Å². The Morgan fingerprint density at radius 3 is 3.07 bits per heavy atom. The molecule has 0 aliphatic heterocycles. The zero-order valence-corrected chi connectivity index (χ0v) is 8.40. The van der Waals surface area contributed by atoms with E-state index in [9.17, 15) is 0 Å². The second kappa shape index (κ2) is 3.92. The highest BCUT2D eigenvalue weighted by molar-refractivity contribution is 5.27. The molecule has 1 aliphatic carbocycles. The molecule has 0 radical (unpaired) electrons. The summed E-state index contributed by atoms with van der Waals surface area (Å²) in [6, 6.07) is 2.12. The van der Waals surface area contributed by atoms with Crippen molar-refractivity contribution in [3.8, 4) is 0 Å². The predicted molar refractivity (Wildman–Crippen MR) is 56.1 cm³/mol. The predicted octanol–water partition coefficient (Wildman–Crippen LogP) is 1.11. The lowest BCUT2D eigenvalue weighted by atomic mass is 10.3. The van der Waals surface area contributed by atoms with Crippen LogP contribution in [0.15, 0.2) is 12.3 Å². The first-order chi connectivity index (χ1) is 6.75. The number of nitrogens with two attached hydrogens (primary N) is 1. The zero-order chi connectivity index (χ0) is 9.97. The summed E-state index contributed by atoms with van der Waals surface area (Å²) in [5.41, 5.74) is 6.79. The van der Waals surface area contributed by atoms with Crippen LogP contribution in [0.4, 0.5) is 5.95 Å². The van der Waals surface area contributed by atoms with Crippen LogP contribution in [0.1, 0.15) is 31.4 Å². The fourth-order valence-corrected chi connectivity index (χ4v) is 1.32. The molecular weight excluding hydrogens is 176 g/mol. The molecule has 0 spiro atoms. The highest BCUT2D eigenvalue weighted by atomic mass is 15.1. The van der Waals surface area contributed by atoms with E-state index in [1.54, 1.807) is 0 Å². The van der Waals surface area contributed by atoms with Gasteiger partial charge < -0.3 is 11.1 Å². The molecule has 1 fully saturated rings. The molecule has 0 saturated heterocycles. The normalized spacial score (nSPS) is 17.9. The van der Waals surface area contributed by atoms with Crippen molar-refractivity contribution < 1.29 is 0 Å². The lowest BCUT2D eigenvalue weighted by Crippen LogP contribution is -2.25. The molecule has 1 atom stereocenters. The molecule has 0 amide bonds. The van der Waals surface area contributed by atoms with E-state index >= 15 is 0 Å². The maximum Gasteiger partial charge on any atom is 0.222 e. The third kappa shape index (κ3) is 2.42. The summed E-state index contributed by atoms with van der Waals surface area (Å²) in [6.45, 7) is 2.67. The Morgan fingerprint density at radius 1 is 1.64 bits per heavy atom. The fraction of sp³-hybridized carbons (Fsp3) is 0.600. The molecule has 1 aromatic heterocycles. The summed E-state index contributed by atoms with van der Waals surface area (Å²) in [6.07, 6.45) is 4.34. The average molecular weight is 192 g/mol. The minimum Gasteiger partial charge on any atom is -0.353 e. The van der Waals surface area contributed by atoms with Crippen LogP contribution in [0.25, 0.3) is 0 Å². The summed E-state index contributed by atoms with van der Waals surface area (Å²) in [5, 5.41) is 3.12. The van der Waals surface area contributed by atoms with Gasteiger partial charge in [0.1, 0.15) is 0 Å². The van der Waals surface area contributed by atoms with Crippen LogP contribution in [0, 0.1) is 0 Å². The molecular formula is C10H16N4. The van der Waals surface area contributed by atoms with Crippen molar-refractivity contribution in [3.05, 3.63) is 18.0 Å². The molecule has 4 heteroatoms. The van der Waals surface area contributed by atoms with E-state index in [1.165, 1.54) is 12.8 Å². The van der Waals surface area contributed by atoms with E-state index in [4.69, 9.17) is 5.73 Å². The van der Waals surface area contributed by atoms with Gasteiger partial charge in [-0.3, -0.25) is 0 Å². The second-order valence-corrected chi connectivity index (χ2v) is 3.94. The summed E-state index contributed by atoms with van der Waals surface area (Å²) >= 11 is 0. The Labute approximate surface area is 83.9 Å². The quantitative estimate of drug-likeness (QED) is 0.750. The molecule has 1 saturated carbocycles. The van der Waals surface area contributed by atoms with Gasteiger partial charge in [0.15, 0.2) is 0 Å². The molecule has 0 aromatic carbocycles. The highest BCUT2D eigenvalue weighted by Gasteiger charge is 2.25. The van der Waals surface area contributed by atoms with Crippen LogP contribution >= 0.6 is 0 Å². The van der Waals surface area contributed by atoms with E-state index in [2.05, 4.69) is 15.3 Å². The van der Waals surface area contributed by atoms with E-state index in [-0.39, 0.29) is 6.04 Å². The molecule has 1 heterocycles. The van der Waals surface area contributed by atoms with Crippen molar-refractivity contribution in [1.29, 1.82) is 0 Å². The third-order valence-electron chi connectivity index (χ3n) is 2.25. The average Bonchev–Trinajstić information content (AvgIpc) is 2.98. The Kier molecular flexibility index (Phi) is 2.63. The molecule has 4 nitrogen and oxygen atoms in total. The van der Waals surface area contributed by atoms with Gasteiger partial charge in [-0.1, -0.05) is 0 Å². The standard InChI is InChI=1S/C10H16N4/c1-7(11)6-13-10-12-5-4-9(14-10)8-2-3-8/h4-5,7-8H,2-3,6,11H2,1H3,(H,12,13,14). The highest BCUT2D eigenvalue weighted by Crippen LogP contribution is 2.38. The van der Waals surface area contributed by atoms with Gasteiger partial charge in [-0.2, -0.15) is 0 Å². The van der Waals surface area contributed by atoms with Crippen LogP contribution in [0.5, 0.6) is 0 Å². The molecule has 3 N–H and O–H groups in total. The molecule has 2 rings (SSSR count). The van der Waals surface area contributed by atoms with Gasteiger partial charge in [0.05, 0.1) is 0 Å². The lowest BCUT2D eigenvalue weighted by Gasteiger charge is -2.07. The maximum absolute atomic E-state index is 5.63. The van der Waals surface area contributed by atoms with Gasteiger partial charge in [0.2, 0.25) is 5.95 Å². The monoisotopic (exact) mass is 192 g/mol. The summed E-state index contributed by atoms with van der Waals surface area (Å²) in [7, 11) is 0. The van der Waals surface area contributed by atoms with Crippen LogP contribution in [-0.2, 0) is 0 Å². The van der Waals surface area contributed by atoms with Gasteiger partial charge in [-0.15, -0.1) is 0 Å². The van der Waals surface area contributed by atoms with Crippen LogP contribution in [-0.4, -0.2) is 22.6 Å². The van der Waals surface area contributed by atoms with E-state index in [0.717, 1.165) is 5.69 Å². The summed E-state index contributed by atoms with van der Waals surface area (Å²) < 4.78 is 0. The largest absolute Gasteiger partial charge is 0.353 e. The van der Waals surface area contributed by atoms with Crippen molar-refractivity contribution in [3.63, 3.8) is 0 Å². The Balaban J connectivity index is 1.99. The van der Waals surface area contributed by atoms with Crippen molar-refractivity contribution in [2.24, 2.45) is 5.73 Å². The van der Waals surface area contributed by atoms with Gasteiger partial charge in [0, 0.05) is 30.4 Å². The molecule has 1 aromatic rings. The first-order valence-corrected chi connectivity index (χ1v) is 5.08. The fourth-order valence-electron chi connectivity index (χ4n) is 1.32. The minimum absolute atomic E-state index is 0.128. The van der Waals surface area contributed by atoms with Crippen LogP contribution in [0.2, 0.25) is 0 Å². The summed E-state index contributed by atoms with van der Waals surface area (Å²) in [5.74, 6) is 1.38. The summed E-state index contributed by atoms with van der Waals surface area (Å²) in [4.78, 5) is 8.57. The minimum atomic E-state index is 0.128. The number of aromatic nitrogens is 2. The van der Waals surface area contributed by atoms with Crippen molar-refractivity contribution in [1.82, 2.24) is 9.97 Å². The Bertz CT molecular complexity index is 307.